The lowest BCUT2D eigenvalue weighted by molar-refractivity contribution is 0.797. The first kappa shape index (κ1) is 8.10. The molecule has 3 nitrogen and oxygen atoms in total. The predicted molar refractivity (Wildman–Crippen MR) is 55.0 cm³/mol. The van der Waals surface area contributed by atoms with Crippen LogP contribution in [0.2, 0.25) is 0 Å². The molecule has 13 heavy (non-hydrogen) atoms. The van der Waals surface area contributed by atoms with Crippen molar-refractivity contribution in [3.05, 3.63) is 24.4 Å². The molecule has 0 aliphatic carbocycles. The van der Waals surface area contributed by atoms with E-state index in [-0.39, 0.29) is 0 Å². The number of hydrogen-bond donors (Lipinski definition) is 0. The maximum absolute atomic E-state index is 4.23. The summed E-state index contributed by atoms with van der Waals surface area (Å²) in [4.78, 5) is 2.10. The van der Waals surface area contributed by atoms with Crippen molar-refractivity contribution in [2.24, 2.45) is 7.05 Å². The summed E-state index contributed by atoms with van der Waals surface area (Å²) < 4.78 is 1.89. The van der Waals surface area contributed by atoms with E-state index < -0.39 is 0 Å². The van der Waals surface area contributed by atoms with Gasteiger partial charge in [-0.05, 0) is 12.1 Å². The van der Waals surface area contributed by atoms with Crippen molar-refractivity contribution < 1.29 is 0 Å². The number of anilines is 1. The molecule has 1 heterocycles. The van der Waals surface area contributed by atoms with Crippen LogP contribution in [0.5, 0.6) is 0 Å². The average Bonchev–Trinajstić information content (AvgIpc) is 2.48. The van der Waals surface area contributed by atoms with Crippen LogP contribution in [0, 0.1) is 0 Å². The zero-order chi connectivity index (χ0) is 9.42. The van der Waals surface area contributed by atoms with Crippen LogP contribution in [0.25, 0.3) is 10.9 Å². The molecule has 0 spiro atoms. The van der Waals surface area contributed by atoms with E-state index >= 15 is 0 Å². The first-order valence-corrected chi connectivity index (χ1v) is 4.28. The lowest BCUT2D eigenvalue weighted by Gasteiger charge is -2.12. The van der Waals surface area contributed by atoms with Crippen molar-refractivity contribution >= 4 is 16.6 Å². The molecule has 0 N–H and O–H groups in total. The van der Waals surface area contributed by atoms with E-state index in [0.29, 0.717) is 0 Å². The van der Waals surface area contributed by atoms with Gasteiger partial charge < -0.3 is 4.90 Å². The Morgan fingerprint density at radius 2 is 2.08 bits per heavy atom. The van der Waals surface area contributed by atoms with E-state index in [1.807, 2.05) is 32.0 Å². The van der Waals surface area contributed by atoms with Crippen molar-refractivity contribution in [3.63, 3.8) is 0 Å². The summed E-state index contributed by atoms with van der Waals surface area (Å²) in [6.45, 7) is 0. The highest BCUT2D eigenvalue weighted by atomic mass is 15.2. The molecule has 0 bridgehead atoms. The normalized spacial score (nSPS) is 10.7. The third-order valence-corrected chi connectivity index (χ3v) is 2.25. The molecule has 1 aromatic carbocycles. The van der Waals surface area contributed by atoms with E-state index in [4.69, 9.17) is 0 Å². The van der Waals surface area contributed by atoms with Gasteiger partial charge in [0.2, 0.25) is 0 Å². The first-order chi connectivity index (χ1) is 6.20. The lowest BCUT2D eigenvalue weighted by Crippen LogP contribution is -2.08. The van der Waals surface area contributed by atoms with Gasteiger partial charge in [-0.15, -0.1) is 0 Å². The molecular weight excluding hydrogens is 162 g/mol. The Morgan fingerprint density at radius 1 is 1.31 bits per heavy atom. The summed E-state index contributed by atoms with van der Waals surface area (Å²) in [5, 5.41) is 5.43. The van der Waals surface area contributed by atoms with Crippen molar-refractivity contribution in [1.29, 1.82) is 0 Å². The quantitative estimate of drug-likeness (QED) is 0.657. The molecule has 0 atom stereocenters. The van der Waals surface area contributed by atoms with Crippen LogP contribution in [-0.2, 0) is 7.05 Å². The van der Waals surface area contributed by atoms with Crippen LogP contribution in [0.1, 0.15) is 0 Å². The molecule has 0 amide bonds. The Bertz CT molecular complexity index is 429. The van der Waals surface area contributed by atoms with Crippen LogP contribution in [0.3, 0.4) is 0 Å². The molecule has 68 valence electrons. The Morgan fingerprint density at radius 3 is 2.77 bits per heavy atom. The first-order valence-electron chi connectivity index (χ1n) is 4.28. The van der Waals surface area contributed by atoms with E-state index in [9.17, 15) is 0 Å². The maximum atomic E-state index is 4.23. The zero-order valence-corrected chi connectivity index (χ0v) is 8.15. The summed E-state index contributed by atoms with van der Waals surface area (Å²) >= 11 is 0. The monoisotopic (exact) mass is 175 g/mol. The fourth-order valence-electron chi connectivity index (χ4n) is 1.55. The molecule has 0 fully saturated rings. The minimum atomic E-state index is 1.17. The number of aryl methyl sites for hydroxylation is 1. The average molecular weight is 175 g/mol. The zero-order valence-electron chi connectivity index (χ0n) is 8.15. The predicted octanol–water partition coefficient (Wildman–Crippen LogP) is 1.64. The number of hydrogen-bond acceptors (Lipinski definition) is 2. The molecule has 0 aliphatic rings. The van der Waals surface area contributed by atoms with Gasteiger partial charge >= 0.3 is 0 Å². The maximum Gasteiger partial charge on any atom is 0.0700 e. The fourth-order valence-corrected chi connectivity index (χ4v) is 1.55. The number of fused-ring (bicyclic) bond motifs is 1. The highest BCUT2D eigenvalue weighted by Crippen LogP contribution is 2.24. The van der Waals surface area contributed by atoms with Crippen molar-refractivity contribution in [2.45, 2.75) is 0 Å². The van der Waals surface area contributed by atoms with Crippen molar-refractivity contribution in [2.75, 3.05) is 19.0 Å². The number of nitrogens with zero attached hydrogens (tertiary/aromatic N) is 3. The van der Waals surface area contributed by atoms with Crippen molar-refractivity contribution in [3.8, 4) is 0 Å². The smallest absolute Gasteiger partial charge is 0.0700 e. The number of benzene rings is 1. The number of rotatable bonds is 1. The van der Waals surface area contributed by atoms with E-state index in [2.05, 4.69) is 28.2 Å². The largest absolute Gasteiger partial charge is 0.377 e. The van der Waals surface area contributed by atoms with Crippen LogP contribution < -0.4 is 4.90 Å². The molecule has 2 aromatic rings. The lowest BCUT2D eigenvalue weighted by atomic mass is 10.2. The summed E-state index contributed by atoms with van der Waals surface area (Å²) in [6.07, 6.45) is 1.91. The molecule has 0 radical (unpaired) electrons. The minimum absolute atomic E-state index is 1.17. The van der Waals surface area contributed by atoms with Gasteiger partial charge in [-0.25, -0.2) is 0 Å². The van der Waals surface area contributed by atoms with Gasteiger partial charge in [0, 0.05) is 32.2 Å². The highest BCUT2D eigenvalue weighted by molar-refractivity contribution is 5.91. The Hall–Kier alpha value is -1.51. The Kier molecular flexibility index (Phi) is 1.72. The third-order valence-electron chi connectivity index (χ3n) is 2.25. The minimum Gasteiger partial charge on any atom is -0.377 e. The van der Waals surface area contributed by atoms with Gasteiger partial charge in [-0.1, -0.05) is 6.07 Å². The molecule has 0 saturated carbocycles. The van der Waals surface area contributed by atoms with Crippen molar-refractivity contribution in [1.82, 2.24) is 9.78 Å². The molecular formula is C10H13N3. The Balaban J connectivity index is 2.77. The van der Waals surface area contributed by atoms with Crippen LogP contribution in [0.4, 0.5) is 5.69 Å². The van der Waals surface area contributed by atoms with Crippen LogP contribution in [0.15, 0.2) is 24.4 Å². The Labute approximate surface area is 77.6 Å². The summed E-state index contributed by atoms with van der Waals surface area (Å²) in [5.74, 6) is 0. The van der Waals surface area contributed by atoms with E-state index in [0.717, 1.165) is 0 Å². The second-order valence-corrected chi connectivity index (χ2v) is 3.37. The molecule has 2 rings (SSSR count). The highest BCUT2D eigenvalue weighted by Gasteiger charge is 2.04. The second-order valence-electron chi connectivity index (χ2n) is 3.37. The van der Waals surface area contributed by atoms with Gasteiger partial charge in [0.15, 0.2) is 0 Å². The van der Waals surface area contributed by atoms with E-state index in [1.54, 1.807) is 0 Å². The van der Waals surface area contributed by atoms with E-state index in [1.165, 1.54) is 16.6 Å². The van der Waals surface area contributed by atoms with Gasteiger partial charge in [-0.2, -0.15) is 5.10 Å². The SMILES string of the molecule is CN(C)c1cccc2c1cnn2C. The molecule has 3 heteroatoms. The topological polar surface area (TPSA) is 21.1 Å². The molecule has 0 aliphatic heterocycles. The molecule has 1 aromatic heterocycles. The number of aromatic nitrogens is 2. The second kappa shape index (κ2) is 2.76. The third kappa shape index (κ3) is 1.16. The van der Waals surface area contributed by atoms with Gasteiger partial charge in [0.05, 0.1) is 11.7 Å². The standard InChI is InChI=1S/C10H13N3/c1-12(2)9-5-4-6-10-8(9)7-11-13(10)3/h4-7H,1-3H3. The van der Waals surface area contributed by atoms with Gasteiger partial charge in [0.25, 0.3) is 0 Å². The molecule has 0 saturated heterocycles. The van der Waals surface area contributed by atoms with Crippen LogP contribution >= 0.6 is 0 Å². The summed E-state index contributed by atoms with van der Waals surface area (Å²) in [7, 11) is 6.05. The molecule has 0 unspecified atom stereocenters. The summed E-state index contributed by atoms with van der Waals surface area (Å²) in [5.41, 5.74) is 2.39. The van der Waals surface area contributed by atoms with Gasteiger partial charge in [-0.3, -0.25) is 4.68 Å². The van der Waals surface area contributed by atoms with Gasteiger partial charge in [0.1, 0.15) is 0 Å². The van der Waals surface area contributed by atoms with Crippen LogP contribution in [-0.4, -0.2) is 23.9 Å². The fraction of sp³-hybridized carbons (Fsp3) is 0.300. The summed E-state index contributed by atoms with van der Waals surface area (Å²) in [6, 6.07) is 6.23.